The van der Waals surface area contributed by atoms with Crippen molar-refractivity contribution < 1.29 is 9.90 Å². The van der Waals surface area contributed by atoms with Crippen LogP contribution in [0, 0.1) is 0 Å². The molecule has 6 heteroatoms. The van der Waals surface area contributed by atoms with E-state index in [9.17, 15) is 9.90 Å². The highest BCUT2D eigenvalue weighted by Crippen LogP contribution is 2.23. The predicted octanol–water partition coefficient (Wildman–Crippen LogP) is 1.66. The number of guanidine groups is 1. The Morgan fingerprint density at radius 1 is 1.05 bits per heavy atom. The first-order valence-corrected chi connectivity index (χ1v) is 6.12. The van der Waals surface area contributed by atoms with E-state index < -0.39 is 5.97 Å². The third-order valence-corrected chi connectivity index (χ3v) is 2.76. The zero-order chi connectivity index (χ0) is 15.2. The van der Waals surface area contributed by atoms with Gasteiger partial charge in [-0.15, -0.1) is 5.10 Å². The first-order valence-electron chi connectivity index (χ1n) is 6.12. The molecule has 2 aromatic carbocycles. The Balaban J connectivity index is 2.30. The van der Waals surface area contributed by atoms with Crippen molar-refractivity contribution >= 4 is 18.1 Å². The van der Waals surface area contributed by atoms with Crippen LogP contribution >= 0.6 is 0 Å². The molecule has 0 spiro atoms. The van der Waals surface area contributed by atoms with Gasteiger partial charge in [0.25, 0.3) is 0 Å². The van der Waals surface area contributed by atoms with Gasteiger partial charge in [-0.1, -0.05) is 42.5 Å². The average molecular weight is 282 g/mol. The van der Waals surface area contributed by atoms with Crippen molar-refractivity contribution in [3.8, 4) is 11.1 Å². The molecule has 0 aliphatic rings. The minimum absolute atomic E-state index is 0.113. The van der Waals surface area contributed by atoms with Crippen molar-refractivity contribution in [1.29, 1.82) is 0 Å². The summed E-state index contributed by atoms with van der Waals surface area (Å²) < 4.78 is 0. The molecule has 0 aliphatic carbocycles. The lowest BCUT2D eigenvalue weighted by Gasteiger charge is -2.06. The van der Waals surface area contributed by atoms with Crippen LogP contribution in [0.1, 0.15) is 15.9 Å². The number of nitrogens with zero attached hydrogens (tertiary/aromatic N) is 2. The number of benzene rings is 2. The first-order chi connectivity index (χ1) is 10.1. The lowest BCUT2D eigenvalue weighted by Crippen LogP contribution is -2.21. The normalized spacial score (nSPS) is 10.5. The van der Waals surface area contributed by atoms with E-state index in [-0.39, 0.29) is 11.5 Å². The number of hydrogen-bond acceptors (Lipinski definition) is 3. The van der Waals surface area contributed by atoms with Crippen molar-refractivity contribution in [2.45, 2.75) is 0 Å². The van der Waals surface area contributed by atoms with Crippen LogP contribution in [0.3, 0.4) is 0 Å². The van der Waals surface area contributed by atoms with E-state index in [2.05, 4.69) is 10.2 Å². The van der Waals surface area contributed by atoms with Crippen LogP contribution in [-0.2, 0) is 0 Å². The van der Waals surface area contributed by atoms with Crippen molar-refractivity contribution in [2.75, 3.05) is 0 Å². The lowest BCUT2D eigenvalue weighted by molar-refractivity contribution is 0.0697. The second kappa shape index (κ2) is 6.33. The van der Waals surface area contributed by atoms with Crippen molar-refractivity contribution in [1.82, 2.24) is 0 Å². The van der Waals surface area contributed by atoms with Gasteiger partial charge < -0.3 is 16.6 Å². The largest absolute Gasteiger partial charge is 0.478 e. The minimum Gasteiger partial charge on any atom is -0.478 e. The predicted molar refractivity (Wildman–Crippen MR) is 82.2 cm³/mol. The maximum absolute atomic E-state index is 11.2. The standard InChI is InChI=1S/C15H14N4O2/c16-15(17)19-18-9-10-5-7-11(8-6-10)12-3-1-2-4-13(12)14(20)21/h1-9H,(H,20,21)(H4,16,17,19). The van der Waals surface area contributed by atoms with Crippen LogP contribution in [0.5, 0.6) is 0 Å². The van der Waals surface area contributed by atoms with Gasteiger partial charge in [0.1, 0.15) is 0 Å². The third-order valence-electron chi connectivity index (χ3n) is 2.76. The fraction of sp³-hybridized carbons (Fsp3) is 0. The van der Waals surface area contributed by atoms with Crippen LogP contribution in [0.2, 0.25) is 0 Å². The molecule has 0 saturated carbocycles. The van der Waals surface area contributed by atoms with E-state index in [1.165, 1.54) is 6.21 Å². The number of nitrogens with two attached hydrogens (primary N) is 2. The van der Waals surface area contributed by atoms with Gasteiger partial charge in [-0.3, -0.25) is 0 Å². The monoisotopic (exact) mass is 282 g/mol. The van der Waals surface area contributed by atoms with E-state index in [1.807, 2.05) is 12.1 Å². The van der Waals surface area contributed by atoms with Crippen molar-refractivity contribution in [2.24, 2.45) is 21.7 Å². The Morgan fingerprint density at radius 3 is 2.33 bits per heavy atom. The fourth-order valence-electron chi connectivity index (χ4n) is 1.83. The highest BCUT2D eigenvalue weighted by atomic mass is 16.4. The molecule has 0 heterocycles. The molecule has 0 atom stereocenters. The topological polar surface area (TPSA) is 114 Å². The molecule has 0 saturated heterocycles. The lowest BCUT2D eigenvalue weighted by atomic mass is 9.99. The SMILES string of the molecule is NC(N)=NN=Cc1ccc(-c2ccccc2C(=O)O)cc1. The minimum atomic E-state index is -0.955. The smallest absolute Gasteiger partial charge is 0.336 e. The highest BCUT2D eigenvalue weighted by molar-refractivity contribution is 5.96. The molecule has 2 rings (SSSR count). The summed E-state index contributed by atoms with van der Waals surface area (Å²) in [7, 11) is 0. The number of hydrogen-bond donors (Lipinski definition) is 3. The Bertz CT molecular complexity index is 702. The van der Waals surface area contributed by atoms with Gasteiger partial charge in [-0.25, -0.2) is 4.79 Å². The second-order valence-corrected chi connectivity index (χ2v) is 4.24. The van der Waals surface area contributed by atoms with Gasteiger partial charge in [-0.2, -0.15) is 5.10 Å². The van der Waals surface area contributed by atoms with E-state index in [1.54, 1.807) is 36.4 Å². The summed E-state index contributed by atoms with van der Waals surface area (Å²) in [4.78, 5) is 11.2. The second-order valence-electron chi connectivity index (χ2n) is 4.24. The van der Waals surface area contributed by atoms with Gasteiger partial charge in [0, 0.05) is 0 Å². The van der Waals surface area contributed by atoms with E-state index in [0.29, 0.717) is 5.56 Å². The van der Waals surface area contributed by atoms with Gasteiger partial charge >= 0.3 is 5.97 Å². The highest BCUT2D eigenvalue weighted by Gasteiger charge is 2.10. The fourth-order valence-corrected chi connectivity index (χ4v) is 1.83. The maximum atomic E-state index is 11.2. The molecule has 0 bridgehead atoms. The molecule has 0 aliphatic heterocycles. The van der Waals surface area contributed by atoms with Crippen LogP contribution in [0.25, 0.3) is 11.1 Å². The van der Waals surface area contributed by atoms with Crippen molar-refractivity contribution in [3.05, 3.63) is 59.7 Å². The molecule has 0 radical (unpaired) electrons. The molecule has 0 amide bonds. The Hall–Kier alpha value is -3.15. The molecule has 2 aromatic rings. The number of carboxylic acids is 1. The molecule has 0 unspecified atom stereocenters. The molecular formula is C15H14N4O2. The van der Waals surface area contributed by atoms with Crippen LogP contribution in [0.4, 0.5) is 0 Å². The zero-order valence-electron chi connectivity index (χ0n) is 11.1. The number of carboxylic acid groups (broad SMARTS) is 1. The first kappa shape index (κ1) is 14.3. The van der Waals surface area contributed by atoms with E-state index >= 15 is 0 Å². The van der Waals surface area contributed by atoms with Crippen LogP contribution < -0.4 is 11.5 Å². The number of aromatic carboxylic acids is 1. The Labute approximate surface area is 121 Å². The summed E-state index contributed by atoms with van der Waals surface area (Å²) in [5.41, 5.74) is 12.9. The third kappa shape index (κ3) is 3.66. The van der Waals surface area contributed by atoms with Crippen LogP contribution in [0.15, 0.2) is 58.7 Å². The summed E-state index contributed by atoms with van der Waals surface area (Å²) in [6.07, 6.45) is 1.51. The van der Waals surface area contributed by atoms with Gasteiger partial charge in [0.15, 0.2) is 0 Å². The summed E-state index contributed by atoms with van der Waals surface area (Å²) in [6, 6.07) is 14.1. The van der Waals surface area contributed by atoms with Gasteiger partial charge in [0.05, 0.1) is 11.8 Å². The number of rotatable bonds is 4. The number of carbonyl (C=O) groups is 1. The Morgan fingerprint density at radius 2 is 1.71 bits per heavy atom. The quantitative estimate of drug-likeness (QED) is 0.449. The molecule has 0 aromatic heterocycles. The zero-order valence-corrected chi connectivity index (χ0v) is 11.1. The van der Waals surface area contributed by atoms with Crippen LogP contribution in [-0.4, -0.2) is 23.2 Å². The maximum Gasteiger partial charge on any atom is 0.336 e. The molecule has 21 heavy (non-hydrogen) atoms. The molecule has 0 fully saturated rings. The average Bonchev–Trinajstić information content (AvgIpc) is 2.47. The molecular weight excluding hydrogens is 268 g/mol. The van der Waals surface area contributed by atoms with E-state index in [4.69, 9.17) is 11.5 Å². The van der Waals surface area contributed by atoms with E-state index in [0.717, 1.165) is 11.1 Å². The molecule has 6 nitrogen and oxygen atoms in total. The van der Waals surface area contributed by atoms with Gasteiger partial charge in [0.2, 0.25) is 5.96 Å². The van der Waals surface area contributed by atoms with Gasteiger partial charge in [-0.05, 0) is 22.8 Å². The summed E-state index contributed by atoms with van der Waals surface area (Å²) in [5, 5.41) is 16.4. The summed E-state index contributed by atoms with van der Waals surface area (Å²) >= 11 is 0. The summed E-state index contributed by atoms with van der Waals surface area (Å²) in [5.74, 6) is -1.07. The summed E-state index contributed by atoms with van der Waals surface area (Å²) in [6.45, 7) is 0. The Kier molecular flexibility index (Phi) is 4.30. The van der Waals surface area contributed by atoms with Crippen molar-refractivity contribution in [3.63, 3.8) is 0 Å². The molecule has 106 valence electrons. The molecule has 5 N–H and O–H groups in total.